The number of rotatable bonds is 6. The zero-order chi connectivity index (χ0) is 22.1. The number of piperazine rings is 1. The number of benzene rings is 1. The van der Waals surface area contributed by atoms with Gasteiger partial charge in [0.1, 0.15) is 6.17 Å². The van der Waals surface area contributed by atoms with E-state index in [0.717, 1.165) is 47.7 Å². The van der Waals surface area contributed by atoms with Crippen LogP contribution in [0.2, 0.25) is 0 Å². The second-order valence-electron chi connectivity index (χ2n) is 8.65. The van der Waals surface area contributed by atoms with E-state index >= 15 is 0 Å². The molecular weight excluding hydrogens is 407 g/mol. The zero-order valence-electron chi connectivity index (χ0n) is 18.1. The molecule has 2 aliphatic rings. The Morgan fingerprint density at radius 3 is 2.53 bits per heavy atom. The van der Waals surface area contributed by atoms with Crippen molar-refractivity contribution in [2.75, 3.05) is 49.5 Å². The first-order valence-corrected chi connectivity index (χ1v) is 11.3. The van der Waals surface area contributed by atoms with Crippen LogP contribution in [0.1, 0.15) is 12.8 Å². The summed E-state index contributed by atoms with van der Waals surface area (Å²) >= 11 is 0. The quantitative estimate of drug-likeness (QED) is 0.621. The monoisotopic (exact) mass is 436 g/mol. The molecule has 3 aromatic rings. The van der Waals surface area contributed by atoms with Crippen LogP contribution in [0.15, 0.2) is 48.8 Å². The molecule has 0 atom stereocenters. The van der Waals surface area contributed by atoms with Crippen molar-refractivity contribution in [1.29, 1.82) is 0 Å². The third-order valence-electron chi connectivity index (χ3n) is 6.54. The second-order valence-corrected chi connectivity index (χ2v) is 8.65. The molecular formula is C24H29FN6O. The van der Waals surface area contributed by atoms with Crippen LogP contribution in [-0.4, -0.2) is 65.9 Å². The highest BCUT2D eigenvalue weighted by Crippen LogP contribution is 2.33. The van der Waals surface area contributed by atoms with Gasteiger partial charge in [0, 0.05) is 68.8 Å². The fourth-order valence-corrected chi connectivity index (χ4v) is 4.60. The van der Waals surface area contributed by atoms with E-state index in [1.165, 1.54) is 0 Å². The van der Waals surface area contributed by atoms with Gasteiger partial charge in [0.2, 0.25) is 5.91 Å². The molecule has 2 aromatic heterocycles. The number of nitrogens with one attached hydrogen (secondary N) is 1. The minimum absolute atomic E-state index is 0.116. The van der Waals surface area contributed by atoms with Crippen molar-refractivity contribution in [2.24, 2.45) is 11.7 Å². The summed E-state index contributed by atoms with van der Waals surface area (Å²) in [6, 6.07) is 12.5. The highest BCUT2D eigenvalue weighted by atomic mass is 19.1. The molecule has 3 N–H and O–H groups in total. The van der Waals surface area contributed by atoms with Gasteiger partial charge < -0.3 is 20.9 Å². The van der Waals surface area contributed by atoms with E-state index in [2.05, 4.69) is 45.6 Å². The fraction of sp³-hybridized carbons (Fsp3) is 0.417. The number of carbonyl (C=O) groups excluding carboxylic acids is 1. The average Bonchev–Trinajstić information content (AvgIpc) is 3.25. The molecule has 1 saturated carbocycles. The van der Waals surface area contributed by atoms with E-state index in [9.17, 15) is 9.18 Å². The van der Waals surface area contributed by atoms with Crippen molar-refractivity contribution in [3.63, 3.8) is 0 Å². The lowest BCUT2D eigenvalue weighted by Gasteiger charge is -2.40. The number of hydrogen-bond donors (Lipinski definition) is 2. The van der Waals surface area contributed by atoms with Crippen molar-refractivity contribution < 1.29 is 9.18 Å². The largest absolute Gasteiger partial charge is 0.384 e. The maximum absolute atomic E-state index is 13.1. The van der Waals surface area contributed by atoms with E-state index in [1.54, 1.807) is 0 Å². The smallest absolute Gasteiger partial charge is 0.226 e. The number of amides is 1. The number of carbonyl (C=O) groups is 1. The number of alkyl halides is 1. The highest BCUT2D eigenvalue weighted by molar-refractivity contribution is 5.82. The minimum Gasteiger partial charge on any atom is -0.384 e. The van der Waals surface area contributed by atoms with Crippen molar-refractivity contribution in [2.45, 2.75) is 19.0 Å². The second kappa shape index (κ2) is 8.78. The normalized spacial score (nSPS) is 20.9. The molecule has 5 rings (SSSR count). The Morgan fingerprint density at radius 1 is 1.09 bits per heavy atom. The molecule has 168 valence electrons. The Morgan fingerprint density at radius 2 is 1.84 bits per heavy atom. The van der Waals surface area contributed by atoms with Crippen molar-refractivity contribution in [3.05, 3.63) is 48.8 Å². The molecule has 1 aromatic carbocycles. The molecule has 0 radical (unpaired) electrons. The summed E-state index contributed by atoms with van der Waals surface area (Å²) in [4.78, 5) is 16.7. The SMILES string of the molecule is NCCNc1ccc(-c2cc3c(N4CCN(C(=O)C5CC(F)C5)CC4)ccnn3c2)cc1. The maximum atomic E-state index is 13.1. The van der Waals surface area contributed by atoms with Gasteiger partial charge in [-0.3, -0.25) is 4.79 Å². The van der Waals surface area contributed by atoms with E-state index in [0.29, 0.717) is 32.5 Å². The van der Waals surface area contributed by atoms with Gasteiger partial charge in [-0.05, 0) is 42.7 Å². The number of nitrogens with two attached hydrogens (primary N) is 1. The Hall–Kier alpha value is -3.13. The van der Waals surface area contributed by atoms with Gasteiger partial charge >= 0.3 is 0 Å². The molecule has 0 unspecified atom stereocenters. The van der Waals surface area contributed by atoms with E-state index in [-0.39, 0.29) is 11.8 Å². The number of hydrogen-bond acceptors (Lipinski definition) is 5. The van der Waals surface area contributed by atoms with Gasteiger partial charge in [-0.25, -0.2) is 8.91 Å². The van der Waals surface area contributed by atoms with Gasteiger partial charge in [-0.15, -0.1) is 0 Å². The molecule has 7 nitrogen and oxygen atoms in total. The number of fused-ring (bicyclic) bond motifs is 1. The fourth-order valence-electron chi connectivity index (χ4n) is 4.60. The van der Waals surface area contributed by atoms with Crippen molar-refractivity contribution >= 4 is 22.8 Å². The lowest BCUT2D eigenvalue weighted by atomic mass is 9.82. The summed E-state index contributed by atoms with van der Waals surface area (Å²) in [5.74, 6) is 0.00191. The van der Waals surface area contributed by atoms with Gasteiger partial charge in [-0.1, -0.05) is 12.1 Å². The van der Waals surface area contributed by atoms with Crippen LogP contribution >= 0.6 is 0 Å². The standard InChI is InChI=1S/C24H29FN6O/c25-20-13-18(14-20)24(32)30-11-9-29(10-12-30)22-5-7-28-31-16-19(15-23(22)31)17-1-3-21(4-2-17)27-8-6-26/h1-5,7,15-16,18,20,27H,6,8-14,26H2. The predicted octanol–water partition coefficient (Wildman–Crippen LogP) is 2.77. The average molecular weight is 437 g/mol. The summed E-state index contributed by atoms with van der Waals surface area (Å²) < 4.78 is 15.0. The van der Waals surface area contributed by atoms with E-state index in [4.69, 9.17) is 5.73 Å². The predicted molar refractivity (Wildman–Crippen MR) is 125 cm³/mol. The maximum Gasteiger partial charge on any atom is 0.226 e. The molecule has 1 aliphatic carbocycles. The van der Waals surface area contributed by atoms with Crippen LogP contribution in [0.5, 0.6) is 0 Å². The molecule has 3 heterocycles. The van der Waals surface area contributed by atoms with Crippen LogP contribution in [0, 0.1) is 5.92 Å². The Bertz CT molecular complexity index is 1080. The first-order chi connectivity index (χ1) is 15.6. The molecule has 0 spiro atoms. The molecule has 0 bridgehead atoms. The highest BCUT2D eigenvalue weighted by Gasteiger charge is 2.37. The van der Waals surface area contributed by atoms with Crippen LogP contribution < -0.4 is 16.0 Å². The number of halogens is 1. The number of aromatic nitrogens is 2. The van der Waals surface area contributed by atoms with Gasteiger partial charge in [-0.2, -0.15) is 5.10 Å². The van der Waals surface area contributed by atoms with Crippen molar-refractivity contribution in [1.82, 2.24) is 14.5 Å². The zero-order valence-corrected chi connectivity index (χ0v) is 18.1. The van der Waals surface area contributed by atoms with Crippen molar-refractivity contribution in [3.8, 4) is 11.1 Å². The van der Waals surface area contributed by atoms with Gasteiger partial charge in [0.15, 0.2) is 0 Å². The van der Waals surface area contributed by atoms with E-state index in [1.807, 2.05) is 27.9 Å². The molecule has 8 heteroatoms. The van der Waals surface area contributed by atoms with Crippen LogP contribution in [0.4, 0.5) is 15.8 Å². The minimum atomic E-state index is -0.794. The Kier molecular flexibility index (Phi) is 5.70. The number of nitrogens with zero attached hydrogens (tertiary/aromatic N) is 4. The number of anilines is 2. The topological polar surface area (TPSA) is 78.9 Å². The third kappa shape index (κ3) is 4.02. The van der Waals surface area contributed by atoms with Crippen LogP contribution in [0.25, 0.3) is 16.6 Å². The van der Waals surface area contributed by atoms with Gasteiger partial charge in [0.25, 0.3) is 0 Å². The first kappa shape index (κ1) is 20.8. The lowest BCUT2D eigenvalue weighted by molar-refractivity contribution is -0.140. The Labute approximate surface area is 187 Å². The summed E-state index contributed by atoms with van der Waals surface area (Å²) in [6.45, 7) is 4.22. The summed E-state index contributed by atoms with van der Waals surface area (Å²) in [5, 5.41) is 7.78. The van der Waals surface area contributed by atoms with Crippen LogP contribution in [-0.2, 0) is 4.79 Å². The summed E-state index contributed by atoms with van der Waals surface area (Å²) in [5.41, 5.74) is 11.0. The molecule has 32 heavy (non-hydrogen) atoms. The lowest BCUT2D eigenvalue weighted by Crippen LogP contribution is -2.52. The van der Waals surface area contributed by atoms with Crippen LogP contribution in [0.3, 0.4) is 0 Å². The molecule has 1 aliphatic heterocycles. The van der Waals surface area contributed by atoms with Gasteiger partial charge in [0.05, 0.1) is 11.2 Å². The summed E-state index contributed by atoms with van der Waals surface area (Å²) in [7, 11) is 0. The summed E-state index contributed by atoms with van der Waals surface area (Å²) in [6.07, 6.45) is 3.85. The van der Waals surface area contributed by atoms with E-state index < -0.39 is 6.17 Å². The Balaban J connectivity index is 1.30. The first-order valence-electron chi connectivity index (χ1n) is 11.3. The molecule has 1 saturated heterocycles. The molecule has 1 amide bonds. The third-order valence-corrected chi connectivity index (χ3v) is 6.54. The molecule has 2 fully saturated rings.